The number of carbonyl (C=O) groups excluding carboxylic acids is 1. The van der Waals surface area contributed by atoms with Crippen LogP contribution in [0.2, 0.25) is 5.02 Å². The molecule has 1 aromatic heterocycles. The Kier molecular flexibility index (Phi) is 4.08. The van der Waals surface area contributed by atoms with Gasteiger partial charge in [-0.2, -0.15) is 5.26 Å². The first-order valence-electron chi connectivity index (χ1n) is 6.83. The summed E-state index contributed by atoms with van der Waals surface area (Å²) < 4.78 is 13.5. The minimum atomic E-state index is -0.564. The third kappa shape index (κ3) is 3.07. The maximum absolute atomic E-state index is 13.5. The summed E-state index contributed by atoms with van der Waals surface area (Å²) in [4.78, 5) is 21.8. The highest BCUT2D eigenvalue weighted by Crippen LogP contribution is 2.26. The number of amides is 1. The standard InChI is InChI=1S/C15H11ClFN5O/c16-11-2-1-10(5-12(11)17)22-4-3-13(15(22)23)21-14-8-19-9(6-18)7-20-14/h1-2,5,7-8,13H,3-4H2,(H,20,21)/t13-/m1/s1. The molecule has 23 heavy (non-hydrogen) atoms. The number of anilines is 2. The fourth-order valence-electron chi connectivity index (χ4n) is 2.36. The Morgan fingerprint density at radius 2 is 2.22 bits per heavy atom. The number of rotatable bonds is 3. The Labute approximate surface area is 136 Å². The van der Waals surface area contributed by atoms with Crippen LogP contribution < -0.4 is 10.2 Å². The molecule has 1 saturated heterocycles. The average molecular weight is 332 g/mol. The zero-order valence-corrected chi connectivity index (χ0v) is 12.6. The lowest BCUT2D eigenvalue weighted by molar-refractivity contribution is -0.117. The average Bonchev–Trinajstić information content (AvgIpc) is 2.92. The van der Waals surface area contributed by atoms with Gasteiger partial charge in [0.25, 0.3) is 0 Å². The second-order valence-electron chi connectivity index (χ2n) is 4.97. The van der Waals surface area contributed by atoms with Gasteiger partial charge in [0.05, 0.1) is 17.4 Å². The molecule has 0 unspecified atom stereocenters. The van der Waals surface area contributed by atoms with Crippen molar-refractivity contribution in [1.82, 2.24) is 9.97 Å². The van der Waals surface area contributed by atoms with Gasteiger partial charge in [-0.05, 0) is 24.6 Å². The summed E-state index contributed by atoms with van der Waals surface area (Å²) in [6.45, 7) is 0.460. The second kappa shape index (κ2) is 6.18. The van der Waals surface area contributed by atoms with Crippen LogP contribution in [0.25, 0.3) is 0 Å². The molecule has 1 atom stereocenters. The third-order valence-electron chi connectivity index (χ3n) is 3.51. The van der Waals surface area contributed by atoms with Gasteiger partial charge in [-0.25, -0.2) is 14.4 Å². The molecule has 8 heteroatoms. The highest BCUT2D eigenvalue weighted by molar-refractivity contribution is 6.30. The number of carbonyl (C=O) groups is 1. The van der Waals surface area contributed by atoms with Gasteiger partial charge in [-0.3, -0.25) is 4.79 Å². The SMILES string of the molecule is N#Cc1cnc(N[C@@H]2CCN(c3ccc(Cl)c(F)c3)C2=O)cn1. The van der Waals surface area contributed by atoms with E-state index in [9.17, 15) is 9.18 Å². The quantitative estimate of drug-likeness (QED) is 0.933. The molecule has 0 bridgehead atoms. The van der Waals surface area contributed by atoms with Crippen molar-refractivity contribution >= 4 is 29.0 Å². The van der Waals surface area contributed by atoms with E-state index in [1.807, 2.05) is 6.07 Å². The molecule has 3 rings (SSSR count). The second-order valence-corrected chi connectivity index (χ2v) is 5.38. The number of nitriles is 1. The zero-order valence-electron chi connectivity index (χ0n) is 11.8. The van der Waals surface area contributed by atoms with Crippen LogP contribution in [-0.4, -0.2) is 28.5 Å². The molecular formula is C15H11ClFN5O. The predicted molar refractivity (Wildman–Crippen MR) is 82.5 cm³/mol. The van der Waals surface area contributed by atoms with E-state index in [1.165, 1.54) is 29.4 Å². The molecule has 2 heterocycles. The van der Waals surface area contributed by atoms with E-state index in [0.717, 1.165) is 0 Å². The van der Waals surface area contributed by atoms with Crippen LogP contribution in [0.3, 0.4) is 0 Å². The lowest BCUT2D eigenvalue weighted by atomic mass is 10.2. The van der Waals surface area contributed by atoms with Crippen molar-refractivity contribution in [2.24, 2.45) is 0 Å². The molecule has 1 aliphatic rings. The van der Waals surface area contributed by atoms with Crippen LogP contribution in [0.5, 0.6) is 0 Å². The molecule has 1 amide bonds. The predicted octanol–water partition coefficient (Wildman–Crippen LogP) is 2.36. The van der Waals surface area contributed by atoms with Crippen LogP contribution >= 0.6 is 11.6 Å². The van der Waals surface area contributed by atoms with Crippen molar-refractivity contribution in [3.8, 4) is 6.07 Å². The number of hydrogen-bond acceptors (Lipinski definition) is 5. The Morgan fingerprint density at radius 3 is 2.87 bits per heavy atom. The zero-order chi connectivity index (χ0) is 16.4. The summed E-state index contributed by atoms with van der Waals surface area (Å²) in [5, 5.41) is 11.7. The van der Waals surface area contributed by atoms with E-state index in [4.69, 9.17) is 16.9 Å². The fourth-order valence-corrected chi connectivity index (χ4v) is 2.48. The summed E-state index contributed by atoms with van der Waals surface area (Å²) in [7, 11) is 0. The molecule has 116 valence electrons. The monoisotopic (exact) mass is 331 g/mol. The first-order valence-corrected chi connectivity index (χ1v) is 7.21. The van der Waals surface area contributed by atoms with Gasteiger partial charge in [0.2, 0.25) is 5.91 Å². The van der Waals surface area contributed by atoms with Gasteiger partial charge in [0, 0.05) is 12.2 Å². The maximum atomic E-state index is 13.5. The molecule has 1 N–H and O–H groups in total. The van der Waals surface area contributed by atoms with E-state index in [2.05, 4.69) is 15.3 Å². The number of halogens is 2. The van der Waals surface area contributed by atoms with Crippen LogP contribution in [-0.2, 0) is 4.79 Å². The third-order valence-corrected chi connectivity index (χ3v) is 3.82. The first kappa shape index (κ1) is 15.2. The molecule has 1 fully saturated rings. The van der Waals surface area contributed by atoms with Crippen LogP contribution in [0.15, 0.2) is 30.6 Å². The molecule has 0 saturated carbocycles. The Bertz CT molecular complexity index is 789. The lowest BCUT2D eigenvalue weighted by Gasteiger charge is -2.17. The lowest BCUT2D eigenvalue weighted by Crippen LogP contribution is -2.33. The van der Waals surface area contributed by atoms with Gasteiger partial charge < -0.3 is 10.2 Å². The minimum Gasteiger partial charge on any atom is -0.357 e. The van der Waals surface area contributed by atoms with Crippen LogP contribution in [0.4, 0.5) is 15.9 Å². The van der Waals surface area contributed by atoms with E-state index in [-0.39, 0.29) is 16.6 Å². The van der Waals surface area contributed by atoms with E-state index >= 15 is 0 Å². The largest absolute Gasteiger partial charge is 0.357 e. The topological polar surface area (TPSA) is 81.9 Å². The number of nitrogens with zero attached hydrogens (tertiary/aromatic N) is 4. The minimum absolute atomic E-state index is 0.0166. The summed E-state index contributed by atoms with van der Waals surface area (Å²) in [6.07, 6.45) is 3.27. The number of benzene rings is 1. The molecule has 1 aliphatic heterocycles. The Hall–Kier alpha value is -2.72. The Balaban J connectivity index is 1.73. The molecule has 0 aliphatic carbocycles. The summed E-state index contributed by atoms with van der Waals surface area (Å²) in [5.41, 5.74) is 0.665. The molecule has 1 aromatic carbocycles. The van der Waals surface area contributed by atoms with Gasteiger partial charge in [0.1, 0.15) is 23.7 Å². The molecule has 0 radical (unpaired) electrons. The van der Waals surface area contributed by atoms with Gasteiger partial charge in [-0.15, -0.1) is 0 Å². The normalized spacial score (nSPS) is 17.2. The maximum Gasteiger partial charge on any atom is 0.249 e. The van der Waals surface area contributed by atoms with E-state index in [1.54, 1.807) is 6.07 Å². The van der Waals surface area contributed by atoms with Crippen molar-refractivity contribution in [3.63, 3.8) is 0 Å². The number of hydrogen-bond donors (Lipinski definition) is 1. The fraction of sp³-hybridized carbons (Fsp3) is 0.200. The van der Waals surface area contributed by atoms with Gasteiger partial charge in [0.15, 0.2) is 5.69 Å². The van der Waals surface area contributed by atoms with Crippen molar-refractivity contribution in [2.45, 2.75) is 12.5 Å². The van der Waals surface area contributed by atoms with Crippen molar-refractivity contribution in [3.05, 3.63) is 47.1 Å². The van der Waals surface area contributed by atoms with Crippen LogP contribution in [0.1, 0.15) is 12.1 Å². The summed E-state index contributed by atoms with van der Waals surface area (Å²) in [5.74, 6) is -0.337. The first-order chi connectivity index (χ1) is 11.1. The van der Waals surface area contributed by atoms with Crippen molar-refractivity contribution in [1.29, 1.82) is 5.26 Å². The van der Waals surface area contributed by atoms with Crippen molar-refractivity contribution in [2.75, 3.05) is 16.8 Å². The number of aromatic nitrogens is 2. The summed E-state index contributed by atoms with van der Waals surface area (Å²) in [6, 6.07) is 5.66. The van der Waals surface area contributed by atoms with Gasteiger partial charge >= 0.3 is 0 Å². The molecule has 0 spiro atoms. The molecule has 2 aromatic rings. The highest BCUT2D eigenvalue weighted by atomic mass is 35.5. The van der Waals surface area contributed by atoms with Crippen LogP contribution in [0, 0.1) is 17.1 Å². The smallest absolute Gasteiger partial charge is 0.249 e. The highest BCUT2D eigenvalue weighted by Gasteiger charge is 2.33. The molecular weight excluding hydrogens is 321 g/mol. The van der Waals surface area contributed by atoms with Crippen molar-refractivity contribution < 1.29 is 9.18 Å². The Morgan fingerprint density at radius 1 is 1.39 bits per heavy atom. The van der Waals surface area contributed by atoms with E-state index in [0.29, 0.717) is 24.5 Å². The van der Waals surface area contributed by atoms with Gasteiger partial charge in [-0.1, -0.05) is 11.6 Å². The summed E-state index contributed by atoms with van der Waals surface area (Å²) >= 11 is 5.66. The van der Waals surface area contributed by atoms with E-state index < -0.39 is 11.9 Å². The molecule has 6 nitrogen and oxygen atoms in total. The number of nitrogens with one attached hydrogen (secondary N) is 1.